The average Bonchev–Trinajstić information content (AvgIpc) is 2.08. The van der Waals surface area contributed by atoms with E-state index in [0.29, 0.717) is 0 Å². The average molecular weight is 355 g/mol. The molecule has 0 spiro atoms. The van der Waals surface area contributed by atoms with E-state index >= 15 is 0 Å². The van der Waals surface area contributed by atoms with E-state index in [9.17, 15) is 0 Å². The summed E-state index contributed by atoms with van der Waals surface area (Å²) in [6, 6.07) is 0. The van der Waals surface area contributed by atoms with Crippen LogP contribution in [0.3, 0.4) is 0 Å². The maximum atomic E-state index is 2.21. The molecule has 76 valence electrons. The van der Waals surface area contributed by atoms with Crippen LogP contribution in [0.2, 0.25) is 0 Å². The van der Waals surface area contributed by atoms with Gasteiger partial charge in [0.1, 0.15) is 0 Å². The molecule has 1 heteroatoms. The van der Waals surface area contributed by atoms with Gasteiger partial charge in [-0.05, 0) is 74.9 Å². The third kappa shape index (κ3) is 2.02. The van der Waals surface area contributed by atoms with Gasteiger partial charge in [0.25, 0.3) is 0 Å². The van der Waals surface area contributed by atoms with Crippen LogP contribution >= 0.6 is 0 Å². The van der Waals surface area contributed by atoms with Crippen molar-refractivity contribution >= 4 is 0 Å². The van der Waals surface area contributed by atoms with E-state index in [1.807, 2.05) is 0 Å². The van der Waals surface area contributed by atoms with Gasteiger partial charge < -0.3 is 2.85 Å². The van der Waals surface area contributed by atoms with Crippen LogP contribution in [0.1, 0.15) is 36.2 Å². The van der Waals surface area contributed by atoms with E-state index in [-0.39, 0.29) is 22.6 Å². The second-order valence-corrected chi connectivity index (χ2v) is 3.75. The molecule has 0 radical (unpaired) electrons. The Bertz CT molecular complexity index is 228. The first kappa shape index (κ1) is 12.9. The molecule has 0 N–H and O–H groups in total. The first-order chi connectivity index (χ1) is 5.46. The molecule has 0 aliphatic carbocycles. The van der Waals surface area contributed by atoms with Crippen LogP contribution in [-0.4, -0.2) is 0 Å². The molecule has 0 nitrogen and oxygen atoms in total. The zero-order valence-electron chi connectivity index (χ0n) is 11.4. The largest absolute Gasteiger partial charge is 2.00 e. The van der Waals surface area contributed by atoms with Crippen molar-refractivity contribution in [1.29, 1.82) is 0 Å². The molecule has 0 saturated carbocycles. The van der Waals surface area contributed by atoms with Crippen LogP contribution < -0.4 is 0 Å². The van der Waals surface area contributed by atoms with Gasteiger partial charge in [-0.3, -0.25) is 0 Å². The van der Waals surface area contributed by atoms with Crippen molar-refractivity contribution in [3.63, 3.8) is 0 Å². The van der Waals surface area contributed by atoms with Crippen LogP contribution in [0, 0.1) is 41.5 Å². The summed E-state index contributed by atoms with van der Waals surface area (Å²) in [4.78, 5) is 0. The zero-order valence-corrected chi connectivity index (χ0v) is 11.9. The quantitative estimate of drug-likeness (QED) is 0.665. The monoisotopic (exact) mass is 356 g/mol. The van der Waals surface area contributed by atoms with Crippen molar-refractivity contribution in [3.8, 4) is 0 Å². The van der Waals surface area contributed by atoms with E-state index < -0.39 is 0 Å². The Hall–Kier alpha value is -0.144. The predicted molar refractivity (Wildman–Crippen MR) is 57.1 cm³/mol. The van der Waals surface area contributed by atoms with Gasteiger partial charge in [0.15, 0.2) is 0 Å². The third-order valence-corrected chi connectivity index (χ3v) is 3.38. The van der Waals surface area contributed by atoms with Crippen molar-refractivity contribution < 1.29 is 22.6 Å². The van der Waals surface area contributed by atoms with E-state index in [1.165, 1.54) is 33.4 Å². The van der Waals surface area contributed by atoms with Gasteiger partial charge in [-0.15, -0.1) is 0 Å². The summed E-state index contributed by atoms with van der Waals surface area (Å²) < 4.78 is 0. The molecule has 0 aromatic heterocycles. The van der Waals surface area contributed by atoms with Crippen molar-refractivity contribution in [2.45, 2.75) is 41.5 Å². The second-order valence-electron chi connectivity index (χ2n) is 3.75. The molecule has 1 aromatic rings. The Kier molecular flexibility index (Phi) is 4.33. The number of hydrogen-bond donors (Lipinski definition) is 0. The minimum atomic E-state index is 0. The molecule has 0 aliphatic rings. The summed E-state index contributed by atoms with van der Waals surface area (Å²) in [6.45, 7) is 13.3. The summed E-state index contributed by atoms with van der Waals surface area (Å²) in [6.07, 6.45) is 0. The Morgan fingerprint density at radius 1 is 0.462 bits per heavy atom. The summed E-state index contributed by atoms with van der Waals surface area (Å²) in [7, 11) is 0. The zero-order chi connectivity index (χ0) is 9.46. The summed E-state index contributed by atoms with van der Waals surface area (Å²) in [5.41, 5.74) is 8.73. The minimum Gasteiger partial charge on any atom is -1.00 e. The number of rotatable bonds is 0. The molecule has 13 heavy (non-hydrogen) atoms. The Labute approximate surface area is 97.8 Å². The molecular formula is C12H20Os. The molecule has 0 atom stereocenters. The summed E-state index contributed by atoms with van der Waals surface area (Å²) in [5, 5.41) is 0. The van der Waals surface area contributed by atoms with Gasteiger partial charge >= 0.3 is 19.8 Å². The van der Waals surface area contributed by atoms with Gasteiger partial charge in [-0.2, -0.15) is 0 Å². The fourth-order valence-corrected chi connectivity index (χ4v) is 1.69. The molecule has 1 aromatic carbocycles. The Morgan fingerprint density at radius 2 is 0.538 bits per heavy atom. The van der Waals surface area contributed by atoms with Crippen LogP contribution in [0.5, 0.6) is 0 Å². The maximum Gasteiger partial charge on any atom is 2.00 e. The van der Waals surface area contributed by atoms with Gasteiger partial charge in [0, 0.05) is 0 Å². The smallest absolute Gasteiger partial charge is 1.00 e. The van der Waals surface area contributed by atoms with Gasteiger partial charge in [-0.25, -0.2) is 0 Å². The molecule has 0 fully saturated rings. The SMILES string of the molecule is Cc1c(C)c(C)c(C)c(C)c1C.[H-].[H-].[Os+2]. The first-order valence-corrected chi connectivity index (χ1v) is 4.50. The molecule has 0 unspecified atom stereocenters. The van der Waals surface area contributed by atoms with Gasteiger partial charge in [0.05, 0.1) is 0 Å². The molecule has 0 bridgehead atoms. The van der Waals surface area contributed by atoms with E-state index in [2.05, 4.69) is 41.5 Å². The van der Waals surface area contributed by atoms with Crippen LogP contribution in [0.25, 0.3) is 0 Å². The molecule has 0 saturated heterocycles. The van der Waals surface area contributed by atoms with Gasteiger partial charge in [-0.1, -0.05) is 0 Å². The topological polar surface area (TPSA) is 0 Å². The summed E-state index contributed by atoms with van der Waals surface area (Å²) >= 11 is 0. The fraction of sp³-hybridized carbons (Fsp3) is 0.500. The molecule has 0 heterocycles. The van der Waals surface area contributed by atoms with E-state index in [0.717, 1.165) is 0 Å². The maximum absolute atomic E-state index is 2.21. The Morgan fingerprint density at radius 3 is 0.615 bits per heavy atom. The first-order valence-electron chi connectivity index (χ1n) is 4.50. The van der Waals surface area contributed by atoms with E-state index in [4.69, 9.17) is 0 Å². The van der Waals surface area contributed by atoms with Crippen molar-refractivity contribution in [2.75, 3.05) is 0 Å². The van der Waals surface area contributed by atoms with Crippen LogP contribution in [-0.2, 0) is 19.8 Å². The minimum absolute atomic E-state index is 0. The van der Waals surface area contributed by atoms with E-state index in [1.54, 1.807) is 0 Å². The third-order valence-electron chi connectivity index (χ3n) is 3.38. The van der Waals surface area contributed by atoms with Crippen molar-refractivity contribution in [2.24, 2.45) is 0 Å². The number of hydrogen-bond acceptors (Lipinski definition) is 0. The standard InChI is InChI=1S/C12H18.Os.2H/c1-7-8(2)10(4)12(6)11(5)9(7)3;;;/h1-6H3;;;/q;+2;2*-1. The predicted octanol–water partition coefficient (Wildman–Crippen LogP) is 3.76. The van der Waals surface area contributed by atoms with Crippen molar-refractivity contribution in [1.82, 2.24) is 0 Å². The molecule has 1 rings (SSSR count). The molecule has 0 amide bonds. The number of benzene rings is 1. The molecule has 0 aliphatic heterocycles. The summed E-state index contributed by atoms with van der Waals surface area (Å²) in [5.74, 6) is 0. The van der Waals surface area contributed by atoms with Crippen molar-refractivity contribution in [3.05, 3.63) is 33.4 Å². The van der Waals surface area contributed by atoms with Gasteiger partial charge in [0.2, 0.25) is 0 Å². The van der Waals surface area contributed by atoms with Crippen LogP contribution in [0.4, 0.5) is 0 Å². The normalized spacial score (nSPS) is 9.69. The van der Waals surface area contributed by atoms with Crippen LogP contribution in [0.15, 0.2) is 0 Å². The fourth-order valence-electron chi connectivity index (χ4n) is 1.69. The molecular weight excluding hydrogens is 334 g/mol. The second kappa shape index (κ2) is 4.38. The Balaban J connectivity index is -0.000000480.